The molecule has 36 heavy (non-hydrogen) atoms. The molecule has 0 saturated carbocycles. The third kappa shape index (κ3) is 5.92. The first-order valence-corrected chi connectivity index (χ1v) is 12.5. The van der Waals surface area contributed by atoms with E-state index in [1.54, 1.807) is 36.6 Å². The van der Waals surface area contributed by atoms with Crippen LogP contribution in [-0.4, -0.2) is 34.8 Å². The highest BCUT2D eigenvalue weighted by molar-refractivity contribution is 8.26. The number of thioether (sulfide) groups is 1. The van der Waals surface area contributed by atoms with Crippen LogP contribution in [0.2, 0.25) is 5.02 Å². The van der Waals surface area contributed by atoms with E-state index in [-0.39, 0.29) is 35.7 Å². The van der Waals surface area contributed by atoms with Crippen LogP contribution in [0, 0.1) is 13.8 Å². The Hall–Kier alpha value is -3.27. The topological polar surface area (TPSA) is 81.0 Å². The molecule has 186 valence electrons. The molecule has 3 aromatic rings. The predicted octanol–water partition coefficient (Wildman–Crippen LogP) is 5.98. The lowest BCUT2D eigenvalue weighted by molar-refractivity contribution is -0.122. The van der Waals surface area contributed by atoms with Crippen LogP contribution in [0.4, 0.5) is 5.69 Å². The number of carbonyl (C=O) groups excluding carboxylic acids is 2. The van der Waals surface area contributed by atoms with Gasteiger partial charge in [0.25, 0.3) is 11.8 Å². The smallest absolute Gasteiger partial charge is 0.266 e. The summed E-state index contributed by atoms with van der Waals surface area (Å²) in [5.74, 6) is 0.654. The number of furan rings is 1. The minimum Gasteiger partial charge on any atom is -0.493 e. The van der Waals surface area contributed by atoms with Crippen molar-refractivity contribution in [3.63, 3.8) is 0 Å². The third-order valence-corrected chi connectivity index (χ3v) is 6.98. The molecule has 0 unspecified atom stereocenters. The number of anilines is 1. The van der Waals surface area contributed by atoms with Gasteiger partial charge in [0.05, 0.1) is 29.8 Å². The highest BCUT2D eigenvalue weighted by Gasteiger charge is 2.32. The quantitative estimate of drug-likeness (QED) is 0.277. The van der Waals surface area contributed by atoms with Crippen LogP contribution in [0.15, 0.2) is 58.1 Å². The molecule has 0 atom stereocenters. The molecular formula is C26H23ClN2O5S2. The summed E-state index contributed by atoms with van der Waals surface area (Å²) in [6.07, 6.45) is 3.24. The molecule has 1 aromatic heterocycles. The number of carbonyl (C=O) groups is 2. The van der Waals surface area contributed by atoms with Crippen molar-refractivity contribution in [1.29, 1.82) is 0 Å². The van der Waals surface area contributed by atoms with Crippen molar-refractivity contribution in [2.75, 3.05) is 19.0 Å². The van der Waals surface area contributed by atoms with Crippen molar-refractivity contribution in [2.24, 2.45) is 0 Å². The second-order valence-electron chi connectivity index (χ2n) is 8.04. The second kappa shape index (κ2) is 11.2. The number of thiocarbonyl (C=S) groups is 1. The first-order valence-electron chi connectivity index (χ1n) is 10.9. The van der Waals surface area contributed by atoms with E-state index in [9.17, 15) is 9.59 Å². The van der Waals surface area contributed by atoms with Gasteiger partial charge >= 0.3 is 0 Å². The number of nitrogens with one attached hydrogen (secondary N) is 1. The minimum absolute atomic E-state index is 0.222. The number of nitrogens with zero attached hydrogens (tertiary/aromatic N) is 1. The maximum Gasteiger partial charge on any atom is 0.266 e. The third-order valence-electron chi connectivity index (χ3n) is 5.32. The zero-order valence-corrected chi connectivity index (χ0v) is 22.2. The largest absolute Gasteiger partial charge is 0.493 e. The molecule has 1 N–H and O–H groups in total. The summed E-state index contributed by atoms with van der Waals surface area (Å²) in [6.45, 7) is 3.92. The summed E-state index contributed by atoms with van der Waals surface area (Å²) in [4.78, 5) is 27.3. The van der Waals surface area contributed by atoms with E-state index in [0.717, 1.165) is 11.1 Å². The Bertz CT molecular complexity index is 1350. The van der Waals surface area contributed by atoms with Crippen molar-refractivity contribution in [3.05, 3.63) is 81.1 Å². The minimum atomic E-state index is -0.329. The van der Waals surface area contributed by atoms with Gasteiger partial charge in [0.1, 0.15) is 10.1 Å². The Labute approximate surface area is 223 Å². The van der Waals surface area contributed by atoms with Gasteiger partial charge in [-0.1, -0.05) is 53.3 Å². The van der Waals surface area contributed by atoms with Gasteiger partial charge in [-0.2, -0.15) is 0 Å². The molecule has 0 bridgehead atoms. The molecule has 0 aliphatic carbocycles. The highest BCUT2D eigenvalue weighted by Crippen LogP contribution is 2.39. The van der Waals surface area contributed by atoms with Crippen LogP contribution >= 0.6 is 35.6 Å². The number of benzene rings is 2. The van der Waals surface area contributed by atoms with E-state index < -0.39 is 0 Å². The van der Waals surface area contributed by atoms with Crippen molar-refractivity contribution < 1.29 is 23.5 Å². The van der Waals surface area contributed by atoms with Crippen LogP contribution < -0.4 is 14.8 Å². The standard InChI is InChI=1S/C26H23ClN2O5S2/c1-15-6-7-20(16(2)9-15)28-23(30)14-34-24-19(27)10-17(11-21(24)32-3)12-22-25(31)29(26(35)36-22)13-18-5-4-8-33-18/h4-12H,13-14H2,1-3H3,(H,28,30)/b22-12-. The fourth-order valence-corrected chi connectivity index (χ4v) is 5.12. The molecule has 1 fully saturated rings. The fourth-order valence-electron chi connectivity index (χ4n) is 3.59. The summed E-state index contributed by atoms with van der Waals surface area (Å²) < 4.78 is 16.9. The number of rotatable bonds is 8. The van der Waals surface area contributed by atoms with Crippen molar-refractivity contribution in [3.8, 4) is 11.5 Å². The van der Waals surface area contributed by atoms with Gasteiger partial charge in [0.15, 0.2) is 18.1 Å². The number of hydrogen-bond acceptors (Lipinski definition) is 7. The fraction of sp³-hybridized carbons (Fsp3) is 0.192. The summed E-state index contributed by atoms with van der Waals surface area (Å²) in [6, 6.07) is 12.6. The molecule has 0 spiro atoms. The molecule has 1 aliphatic rings. The maximum absolute atomic E-state index is 12.9. The molecule has 4 rings (SSSR count). The Morgan fingerprint density at radius 1 is 1.25 bits per heavy atom. The number of ether oxygens (including phenoxy) is 2. The Balaban J connectivity index is 1.46. The van der Waals surface area contributed by atoms with Gasteiger partial charge in [0, 0.05) is 5.69 Å². The van der Waals surface area contributed by atoms with Crippen LogP contribution in [-0.2, 0) is 16.1 Å². The van der Waals surface area contributed by atoms with Crippen LogP contribution in [0.5, 0.6) is 11.5 Å². The zero-order chi connectivity index (χ0) is 25.8. The average molecular weight is 543 g/mol. The molecule has 10 heteroatoms. The van der Waals surface area contributed by atoms with E-state index in [4.69, 9.17) is 37.7 Å². The molecule has 2 amide bonds. The van der Waals surface area contributed by atoms with E-state index in [1.807, 2.05) is 32.0 Å². The lowest BCUT2D eigenvalue weighted by Gasteiger charge is -2.14. The molecule has 2 heterocycles. The van der Waals surface area contributed by atoms with E-state index >= 15 is 0 Å². The van der Waals surface area contributed by atoms with Crippen molar-refractivity contribution in [2.45, 2.75) is 20.4 Å². The van der Waals surface area contributed by atoms with Gasteiger partial charge in [-0.25, -0.2) is 0 Å². The van der Waals surface area contributed by atoms with E-state index in [2.05, 4.69) is 5.32 Å². The summed E-state index contributed by atoms with van der Waals surface area (Å²) in [5.41, 5.74) is 3.41. The van der Waals surface area contributed by atoms with Gasteiger partial charge in [-0.3, -0.25) is 14.5 Å². The average Bonchev–Trinajstić information content (AvgIpc) is 3.44. The second-order valence-corrected chi connectivity index (χ2v) is 10.1. The normalized spacial score (nSPS) is 14.4. The van der Waals surface area contributed by atoms with Crippen molar-refractivity contribution >= 4 is 63.5 Å². The van der Waals surface area contributed by atoms with Gasteiger partial charge < -0.3 is 19.2 Å². The van der Waals surface area contributed by atoms with Gasteiger partial charge in [0.2, 0.25) is 0 Å². The molecule has 1 saturated heterocycles. The Kier molecular flexibility index (Phi) is 8.03. The summed E-state index contributed by atoms with van der Waals surface area (Å²) in [7, 11) is 1.47. The Morgan fingerprint density at radius 2 is 2.06 bits per heavy atom. The molecule has 0 radical (unpaired) electrons. The van der Waals surface area contributed by atoms with E-state index in [0.29, 0.717) is 32.0 Å². The van der Waals surface area contributed by atoms with Crippen LogP contribution in [0.1, 0.15) is 22.5 Å². The lowest BCUT2D eigenvalue weighted by atomic mass is 10.1. The monoisotopic (exact) mass is 542 g/mol. The number of amides is 2. The van der Waals surface area contributed by atoms with Crippen LogP contribution in [0.25, 0.3) is 6.08 Å². The Morgan fingerprint density at radius 3 is 2.75 bits per heavy atom. The van der Waals surface area contributed by atoms with Gasteiger partial charge in [-0.15, -0.1) is 0 Å². The van der Waals surface area contributed by atoms with Gasteiger partial charge in [-0.05, 0) is 61.4 Å². The first kappa shape index (κ1) is 25.8. The van der Waals surface area contributed by atoms with E-state index in [1.165, 1.54) is 23.8 Å². The number of halogens is 1. The molecule has 2 aromatic carbocycles. The van der Waals surface area contributed by atoms with Crippen molar-refractivity contribution in [1.82, 2.24) is 4.90 Å². The first-order chi connectivity index (χ1) is 17.2. The number of aryl methyl sites for hydroxylation is 2. The molecule has 1 aliphatic heterocycles. The predicted molar refractivity (Wildman–Crippen MR) is 145 cm³/mol. The number of hydrogen-bond donors (Lipinski definition) is 1. The summed E-state index contributed by atoms with van der Waals surface area (Å²) >= 11 is 13.0. The highest BCUT2D eigenvalue weighted by atomic mass is 35.5. The van der Waals surface area contributed by atoms with Crippen LogP contribution in [0.3, 0.4) is 0 Å². The molecular weight excluding hydrogens is 520 g/mol. The number of methoxy groups -OCH3 is 1. The summed E-state index contributed by atoms with van der Waals surface area (Å²) in [5, 5.41) is 3.07. The SMILES string of the molecule is COc1cc(/C=C2\SC(=S)N(Cc3ccco3)C2=O)cc(Cl)c1OCC(=O)Nc1ccc(C)cc1C. The lowest BCUT2D eigenvalue weighted by Crippen LogP contribution is -2.27. The maximum atomic E-state index is 12.9. The zero-order valence-electron chi connectivity index (χ0n) is 19.8. The molecule has 7 nitrogen and oxygen atoms in total.